The maximum Gasteiger partial charge on any atom is 0.338 e. The number of carboxylic acid groups (broad SMARTS) is 1. The predicted molar refractivity (Wildman–Crippen MR) is 46.2 cm³/mol. The molecule has 2 rings (SSSR count). The first-order valence-corrected chi connectivity index (χ1v) is 4.98. The summed E-state index contributed by atoms with van der Waals surface area (Å²) in [4.78, 5) is 10.2. The van der Waals surface area contributed by atoms with Gasteiger partial charge in [-0.15, -0.1) is 0 Å². The van der Waals surface area contributed by atoms with Crippen LogP contribution in [0.25, 0.3) is 0 Å². The zero-order valence-corrected chi connectivity index (χ0v) is 7.63. The van der Waals surface area contributed by atoms with Crippen LogP contribution < -0.4 is 0 Å². The highest BCUT2D eigenvalue weighted by Gasteiger charge is 2.48. The van der Waals surface area contributed by atoms with Gasteiger partial charge in [0.15, 0.2) is 6.17 Å². The number of hydrogen-bond acceptors (Lipinski definition) is 1. The van der Waals surface area contributed by atoms with Gasteiger partial charge in [0.2, 0.25) is 0 Å². The van der Waals surface area contributed by atoms with E-state index in [-0.39, 0.29) is 6.42 Å². The summed E-state index contributed by atoms with van der Waals surface area (Å²) in [5.41, 5.74) is 0.531. The molecule has 0 aromatic heterocycles. The maximum atomic E-state index is 12.8. The highest BCUT2D eigenvalue weighted by atomic mass is 19.1. The van der Waals surface area contributed by atoms with Crippen LogP contribution in [0.15, 0.2) is 0 Å². The second-order valence-electron chi connectivity index (χ2n) is 4.67. The molecule has 2 aliphatic rings. The summed E-state index contributed by atoms with van der Waals surface area (Å²) in [5.74, 6) is -0.957. The first-order chi connectivity index (χ1) is 6.11. The monoisotopic (exact) mass is 186 g/mol. The van der Waals surface area contributed by atoms with Crippen molar-refractivity contribution in [1.29, 1.82) is 0 Å². The molecule has 0 radical (unpaired) electrons. The van der Waals surface area contributed by atoms with Crippen molar-refractivity contribution >= 4 is 5.97 Å². The Bertz CT molecular complexity index is 215. The molecule has 0 aliphatic heterocycles. The average Bonchev–Trinajstić information content (AvgIpc) is 1.90. The lowest BCUT2D eigenvalue weighted by Crippen LogP contribution is -2.43. The molecule has 0 bridgehead atoms. The van der Waals surface area contributed by atoms with Gasteiger partial charge in [0, 0.05) is 0 Å². The predicted octanol–water partition coefficient (Wildman–Crippen LogP) is 2.38. The number of carboxylic acids is 1. The van der Waals surface area contributed by atoms with Gasteiger partial charge in [0.25, 0.3) is 0 Å². The van der Waals surface area contributed by atoms with Gasteiger partial charge >= 0.3 is 5.97 Å². The normalized spacial score (nSPS) is 27.8. The quantitative estimate of drug-likeness (QED) is 0.734. The number of aliphatic carboxylic acids is 1. The molecule has 3 heteroatoms. The SMILES string of the molecule is O=C(O)[C@H](F)CC1CC2(CCC2)C1. The zero-order valence-electron chi connectivity index (χ0n) is 7.63. The van der Waals surface area contributed by atoms with E-state index in [1.54, 1.807) is 0 Å². The van der Waals surface area contributed by atoms with Gasteiger partial charge in [0.05, 0.1) is 0 Å². The first-order valence-electron chi connectivity index (χ1n) is 4.98. The fraction of sp³-hybridized carbons (Fsp3) is 0.900. The molecule has 1 N–H and O–H groups in total. The van der Waals surface area contributed by atoms with Crippen LogP contribution >= 0.6 is 0 Å². The molecule has 0 aromatic carbocycles. The molecule has 0 saturated heterocycles. The minimum Gasteiger partial charge on any atom is -0.479 e. The van der Waals surface area contributed by atoms with E-state index in [9.17, 15) is 9.18 Å². The van der Waals surface area contributed by atoms with Crippen molar-refractivity contribution in [2.45, 2.75) is 44.7 Å². The summed E-state index contributed by atoms with van der Waals surface area (Å²) >= 11 is 0. The lowest BCUT2D eigenvalue weighted by atomic mass is 9.51. The Balaban J connectivity index is 1.71. The van der Waals surface area contributed by atoms with Crippen LogP contribution in [0.1, 0.15) is 38.5 Å². The van der Waals surface area contributed by atoms with Crippen molar-refractivity contribution in [3.63, 3.8) is 0 Å². The van der Waals surface area contributed by atoms with Crippen LogP contribution in [-0.4, -0.2) is 17.2 Å². The van der Waals surface area contributed by atoms with Gasteiger partial charge in [-0.1, -0.05) is 6.42 Å². The maximum absolute atomic E-state index is 12.8. The summed E-state index contributed by atoms with van der Waals surface area (Å²) < 4.78 is 12.8. The molecule has 0 unspecified atom stereocenters. The Hall–Kier alpha value is -0.600. The van der Waals surface area contributed by atoms with Crippen molar-refractivity contribution in [2.75, 3.05) is 0 Å². The Kier molecular flexibility index (Phi) is 2.05. The zero-order chi connectivity index (χ0) is 9.47. The van der Waals surface area contributed by atoms with Crippen LogP contribution in [0.3, 0.4) is 0 Å². The lowest BCUT2D eigenvalue weighted by molar-refractivity contribution is -0.145. The summed E-state index contributed by atoms with van der Waals surface area (Å²) in [6, 6.07) is 0. The Morgan fingerprint density at radius 1 is 1.54 bits per heavy atom. The van der Waals surface area contributed by atoms with E-state index in [4.69, 9.17) is 5.11 Å². The summed E-state index contributed by atoms with van der Waals surface area (Å²) in [5, 5.41) is 8.38. The van der Waals surface area contributed by atoms with Crippen molar-refractivity contribution in [1.82, 2.24) is 0 Å². The van der Waals surface area contributed by atoms with E-state index in [0.29, 0.717) is 11.3 Å². The lowest BCUT2D eigenvalue weighted by Gasteiger charge is -2.54. The van der Waals surface area contributed by atoms with Gasteiger partial charge in [0.1, 0.15) is 0 Å². The highest BCUT2D eigenvalue weighted by Crippen LogP contribution is 2.59. The summed E-state index contributed by atoms with van der Waals surface area (Å²) in [6.45, 7) is 0. The second kappa shape index (κ2) is 2.96. The van der Waals surface area contributed by atoms with Crippen LogP contribution in [0, 0.1) is 11.3 Å². The van der Waals surface area contributed by atoms with Gasteiger partial charge in [-0.3, -0.25) is 0 Å². The second-order valence-corrected chi connectivity index (χ2v) is 4.67. The first kappa shape index (κ1) is 8.97. The molecule has 74 valence electrons. The Labute approximate surface area is 77.1 Å². The van der Waals surface area contributed by atoms with Crippen LogP contribution in [0.4, 0.5) is 4.39 Å². The third kappa shape index (κ3) is 1.56. The molecule has 0 aromatic rings. The van der Waals surface area contributed by atoms with Crippen molar-refractivity contribution < 1.29 is 14.3 Å². The molecule has 2 fully saturated rings. The standard InChI is InChI=1S/C10H15FO2/c11-8(9(12)13)4-7-5-10(6-7)2-1-3-10/h7-8H,1-6H2,(H,12,13)/t8-/m1/s1. The van der Waals surface area contributed by atoms with E-state index >= 15 is 0 Å². The third-order valence-electron chi connectivity index (χ3n) is 3.67. The minimum absolute atomic E-state index is 0.233. The van der Waals surface area contributed by atoms with Crippen LogP contribution in [0.2, 0.25) is 0 Å². The molecule has 2 saturated carbocycles. The highest BCUT2D eigenvalue weighted by molar-refractivity contribution is 5.72. The molecule has 13 heavy (non-hydrogen) atoms. The molecule has 1 atom stereocenters. The van der Waals surface area contributed by atoms with E-state index in [2.05, 4.69) is 0 Å². The van der Waals surface area contributed by atoms with Gasteiger partial charge in [-0.2, -0.15) is 0 Å². The number of alkyl halides is 1. The summed E-state index contributed by atoms with van der Waals surface area (Å²) in [6.07, 6.45) is 4.62. The smallest absolute Gasteiger partial charge is 0.338 e. The molecule has 0 amide bonds. The number of hydrogen-bond donors (Lipinski definition) is 1. The van der Waals surface area contributed by atoms with E-state index < -0.39 is 12.1 Å². The van der Waals surface area contributed by atoms with E-state index in [1.807, 2.05) is 0 Å². The number of rotatable bonds is 3. The van der Waals surface area contributed by atoms with Gasteiger partial charge in [-0.05, 0) is 43.4 Å². The largest absolute Gasteiger partial charge is 0.479 e. The topological polar surface area (TPSA) is 37.3 Å². The Morgan fingerprint density at radius 2 is 2.15 bits per heavy atom. The van der Waals surface area contributed by atoms with E-state index in [0.717, 1.165) is 12.8 Å². The molecule has 1 spiro atoms. The van der Waals surface area contributed by atoms with Crippen molar-refractivity contribution in [3.05, 3.63) is 0 Å². The van der Waals surface area contributed by atoms with E-state index in [1.165, 1.54) is 19.3 Å². The van der Waals surface area contributed by atoms with Crippen LogP contribution in [-0.2, 0) is 4.79 Å². The van der Waals surface area contributed by atoms with Crippen molar-refractivity contribution in [3.8, 4) is 0 Å². The summed E-state index contributed by atoms with van der Waals surface area (Å²) in [7, 11) is 0. The molecular weight excluding hydrogens is 171 g/mol. The van der Waals surface area contributed by atoms with Gasteiger partial charge in [-0.25, -0.2) is 9.18 Å². The Morgan fingerprint density at radius 3 is 2.54 bits per heavy atom. The van der Waals surface area contributed by atoms with Crippen molar-refractivity contribution in [2.24, 2.45) is 11.3 Å². The third-order valence-corrected chi connectivity index (χ3v) is 3.67. The molecule has 0 heterocycles. The number of halogens is 1. The molecule has 2 nitrogen and oxygen atoms in total. The minimum atomic E-state index is -1.64. The van der Waals surface area contributed by atoms with Gasteiger partial charge < -0.3 is 5.11 Å². The molecular formula is C10H15FO2. The fourth-order valence-corrected chi connectivity index (χ4v) is 2.81. The average molecular weight is 186 g/mol. The number of carbonyl (C=O) groups is 1. The molecule has 2 aliphatic carbocycles. The fourth-order valence-electron chi connectivity index (χ4n) is 2.81. The van der Waals surface area contributed by atoms with Crippen LogP contribution in [0.5, 0.6) is 0 Å².